The van der Waals surface area contributed by atoms with Gasteiger partial charge >= 0.3 is 5.97 Å². The normalized spacial score (nSPS) is 10.7. The van der Waals surface area contributed by atoms with Crippen LogP contribution in [-0.4, -0.2) is 20.9 Å². The molecule has 0 aliphatic heterocycles. The molecule has 0 spiro atoms. The molecule has 0 unspecified atom stereocenters. The van der Waals surface area contributed by atoms with Crippen molar-refractivity contribution in [3.63, 3.8) is 0 Å². The molecule has 1 heterocycles. The average Bonchev–Trinajstić information content (AvgIpc) is 2.62. The second-order valence-corrected chi connectivity index (χ2v) is 4.07. The molecule has 0 atom stereocenters. The molecule has 0 radical (unpaired) electrons. The predicted octanol–water partition coefficient (Wildman–Crippen LogP) is 2.14. The number of benzene rings is 1. The molecule has 5 nitrogen and oxygen atoms in total. The Kier molecular flexibility index (Phi) is 3.39. The molecule has 8 heteroatoms. The summed E-state index contributed by atoms with van der Waals surface area (Å²) in [6, 6.07) is 3.38. The molecule has 0 amide bonds. The Balaban J connectivity index is 2.45. The van der Waals surface area contributed by atoms with Crippen LogP contribution in [0, 0.1) is 11.6 Å². The zero-order chi connectivity index (χ0) is 14.2. The minimum Gasteiger partial charge on any atom is -0.476 e. The molecule has 2 rings (SSSR count). The number of aromatic nitrogens is 2. The summed E-state index contributed by atoms with van der Waals surface area (Å²) >= 11 is 5.78. The fraction of sp³-hybridized carbons (Fsp3) is 0.0909. The third kappa shape index (κ3) is 2.37. The van der Waals surface area contributed by atoms with Gasteiger partial charge in [-0.25, -0.2) is 18.3 Å². The van der Waals surface area contributed by atoms with Crippen LogP contribution in [0.3, 0.4) is 0 Å². The van der Waals surface area contributed by atoms with Crippen LogP contribution in [0.15, 0.2) is 18.2 Å². The van der Waals surface area contributed by atoms with Crippen molar-refractivity contribution >= 4 is 23.3 Å². The lowest BCUT2D eigenvalue weighted by molar-refractivity contribution is 0.0690. The summed E-state index contributed by atoms with van der Waals surface area (Å²) in [7, 11) is 0. The predicted molar refractivity (Wildman–Crippen MR) is 64.1 cm³/mol. The number of hydrogen-bond acceptors (Lipinski definition) is 3. The average molecular weight is 288 g/mol. The van der Waals surface area contributed by atoms with E-state index in [4.69, 9.17) is 22.4 Å². The van der Waals surface area contributed by atoms with Gasteiger partial charge in [0.1, 0.15) is 17.3 Å². The first-order valence-electron chi connectivity index (χ1n) is 5.09. The van der Waals surface area contributed by atoms with E-state index in [2.05, 4.69) is 5.10 Å². The number of nitrogen functional groups attached to an aromatic ring is 1. The highest BCUT2D eigenvalue weighted by atomic mass is 35.5. The fourth-order valence-electron chi connectivity index (χ4n) is 1.55. The molecule has 0 aliphatic carbocycles. The molecule has 0 saturated carbocycles. The minimum atomic E-state index is -1.37. The van der Waals surface area contributed by atoms with Gasteiger partial charge < -0.3 is 10.8 Å². The van der Waals surface area contributed by atoms with Crippen LogP contribution < -0.4 is 5.73 Å². The van der Waals surface area contributed by atoms with E-state index in [1.54, 1.807) is 0 Å². The number of nitrogens with two attached hydrogens (primary N) is 1. The third-order valence-electron chi connectivity index (χ3n) is 2.50. The monoisotopic (exact) mass is 287 g/mol. The summed E-state index contributed by atoms with van der Waals surface area (Å²) in [6.45, 7) is -0.352. The molecule has 0 bridgehead atoms. The topological polar surface area (TPSA) is 81.1 Å². The molecule has 0 fully saturated rings. The Bertz CT molecular complexity index is 637. The molecule has 0 saturated heterocycles. The van der Waals surface area contributed by atoms with E-state index < -0.39 is 23.3 Å². The molecule has 100 valence electrons. The van der Waals surface area contributed by atoms with E-state index in [-0.39, 0.29) is 22.9 Å². The van der Waals surface area contributed by atoms with E-state index >= 15 is 0 Å². The maximum absolute atomic E-state index is 13.5. The van der Waals surface area contributed by atoms with Crippen LogP contribution in [0.2, 0.25) is 5.15 Å². The smallest absolute Gasteiger partial charge is 0.358 e. The Labute approximate surface area is 111 Å². The van der Waals surface area contributed by atoms with Crippen LogP contribution in [0.25, 0.3) is 0 Å². The molecule has 19 heavy (non-hydrogen) atoms. The standard InChI is InChI=1S/C11H8ClF2N3O2/c12-10-8(15)9(11(18)19)16-17(10)4-5-6(13)2-1-3-7(5)14/h1-3H,4,15H2,(H,18,19). The van der Waals surface area contributed by atoms with Crippen LogP contribution in [0.4, 0.5) is 14.5 Å². The SMILES string of the molecule is Nc1c(C(=O)O)nn(Cc2c(F)cccc2F)c1Cl. The van der Waals surface area contributed by atoms with Crippen LogP contribution >= 0.6 is 11.6 Å². The number of halogens is 3. The van der Waals surface area contributed by atoms with Crippen molar-refractivity contribution in [2.45, 2.75) is 6.54 Å². The van der Waals surface area contributed by atoms with E-state index in [1.165, 1.54) is 6.07 Å². The van der Waals surface area contributed by atoms with Gasteiger partial charge in [-0.3, -0.25) is 0 Å². The van der Waals surface area contributed by atoms with Crippen molar-refractivity contribution in [3.05, 3.63) is 46.2 Å². The zero-order valence-electron chi connectivity index (χ0n) is 9.40. The lowest BCUT2D eigenvalue weighted by atomic mass is 10.2. The summed E-state index contributed by atoms with van der Waals surface area (Å²) in [5, 5.41) is 12.2. The Hall–Kier alpha value is -2.15. The number of aromatic carboxylic acids is 1. The van der Waals surface area contributed by atoms with Crippen LogP contribution in [0.5, 0.6) is 0 Å². The minimum absolute atomic E-state index is 0.181. The molecular weight excluding hydrogens is 280 g/mol. The number of anilines is 1. The molecule has 3 N–H and O–H groups in total. The van der Waals surface area contributed by atoms with Crippen molar-refractivity contribution < 1.29 is 18.7 Å². The van der Waals surface area contributed by atoms with E-state index in [1.807, 2.05) is 0 Å². The van der Waals surface area contributed by atoms with E-state index in [0.717, 1.165) is 16.8 Å². The van der Waals surface area contributed by atoms with Crippen molar-refractivity contribution in [2.24, 2.45) is 0 Å². The highest BCUT2D eigenvalue weighted by Crippen LogP contribution is 2.24. The van der Waals surface area contributed by atoms with Gasteiger partial charge in [0.15, 0.2) is 10.8 Å². The van der Waals surface area contributed by atoms with E-state index in [9.17, 15) is 13.6 Å². The van der Waals surface area contributed by atoms with Crippen LogP contribution in [0.1, 0.15) is 16.1 Å². The molecule has 1 aromatic carbocycles. The number of hydrogen-bond donors (Lipinski definition) is 2. The summed E-state index contributed by atoms with van der Waals surface area (Å²) in [6.07, 6.45) is 0. The Morgan fingerprint density at radius 2 is 2.00 bits per heavy atom. The molecular formula is C11H8ClF2N3O2. The first-order chi connectivity index (χ1) is 8.91. The first kappa shape index (κ1) is 13.3. The molecule has 0 aliphatic rings. The van der Waals surface area contributed by atoms with Gasteiger partial charge in [0, 0.05) is 5.56 Å². The maximum atomic E-state index is 13.5. The Morgan fingerprint density at radius 1 is 1.42 bits per heavy atom. The number of carboxylic acids is 1. The van der Waals surface area contributed by atoms with Gasteiger partial charge in [0.2, 0.25) is 0 Å². The summed E-state index contributed by atoms with van der Waals surface area (Å²) in [5.41, 5.74) is 4.48. The molecule has 1 aromatic heterocycles. The number of carbonyl (C=O) groups is 1. The summed E-state index contributed by atoms with van der Waals surface area (Å²) < 4.78 is 27.9. The van der Waals surface area contributed by atoms with Crippen molar-refractivity contribution in [1.29, 1.82) is 0 Å². The van der Waals surface area contributed by atoms with Crippen molar-refractivity contribution in [3.8, 4) is 0 Å². The number of rotatable bonds is 3. The number of nitrogens with zero attached hydrogens (tertiary/aromatic N) is 2. The number of carboxylic acid groups (broad SMARTS) is 1. The van der Waals surface area contributed by atoms with Crippen molar-refractivity contribution in [2.75, 3.05) is 5.73 Å². The quantitative estimate of drug-likeness (QED) is 0.906. The lowest BCUT2D eigenvalue weighted by Gasteiger charge is -2.06. The van der Waals surface area contributed by atoms with Gasteiger partial charge in [0.05, 0.1) is 6.54 Å². The highest BCUT2D eigenvalue weighted by molar-refractivity contribution is 6.32. The van der Waals surface area contributed by atoms with Crippen molar-refractivity contribution in [1.82, 2.24) is 9.78 Å². The Morgan fingerprint density at radius 3 is 2.47 bits per heavy atom. The van der Waals surface area contributed by atoms with Crippen LogP contribution in [-0.2, 0) is 6.54 Å². The second-order valence-electron chi connectivity index (χ2n) is 3.72. The van der Waals surface area contributed by atoms with E-state index in [0.29, 0.717) is 0 Å². The third-order valence-corrected chi connectivity index (χ3v) is 2.90. The fourth-order valence-corrected chi connectivity index (χ4v) is 1.74. The largest absolute Gasteiger partial charge is 0.476 e. The van der Waals surface area contributed by atoms with Gasteiger partial charge in [0.25, 0.3) is 0 Å². The van der Waals surface area contributed by atoms with Gasteiger partial charge in [-0.2, -0.15) is 5.10 Å². The summed E-state index contributed by atoms with van der Waals surface area (Å²) in [5.74, 6) is -2.92. The second kappa shape index (κ2) is 4.85. The first-order valence-corrected chi connectivity index (χ1v) is 5.47. The van der Waals surface area contributed by atoms with Gasteiger partial charge in [-0.1, -0.05) is 17.7 Å². The molecule has 2 aromatic rings. The van der Waals surface area contributed by atoms with Gasteiger partial charge in [-0.15, -0.1) is 0 Å². The van der Waals surface area contributed by atoms with Gasteiger partial charge in [-0.05, 0) is 12.1 Å². The zero-order valence-corrected chi connectivity index (χ0v) is 10.2. The summed E-state index contributed by atoms with van der Waals surface area (Å²) in [4.78, 5) is 10.8. The lowest BCUT2D eigenvalue weighted by Crippen LogP contribution is -2.08. The maximum Gasteiger partial charge on any atom is 0.358 e. The highest BCUT2D eigenvalue weighted by Gasteiger charge is 2.20.